The molecule has 2 aromatic rings. The molecule has 1 heterocycles. The van der Waals surface area contributed by atoms with Crippen LogP contribution in [0, 0.1) is 0 Å². The van der Waals surface area contributed by atoms with Gasteiger partial charge in [0, 0.05) is 6.54 Å². The molecule has 0 amide bonds. The fourth-order valence-corrected chi connectivity index (χ4v) is 1.50. The molecule has 1 aromatic carbocycles. The first kappa shape index (κ1) is 10.8. The molecular weight excluding hydrogens is 202 g/mol. The quantitative estimate of drug-likeness (QED) is 0.836. The molecule has 0 radical (unpaired) electrons. The molecule has 0 aliphatic rings. The van der Waals surface area contributed by atoms with Crippen LogP contribution in [-0.4, -0.2) is 13.2 Å². The molecule has 3 nitrogen and oxygen atoms in total. The van der Waals surface area contributed by atoms with Crippen molar-refractivity contribution in [1.29, 1.82) is 0 Å². The lowest BCUT2D eigenvalue weighted by atomic mass is 10.1. The second-order valence-corrected chi connectivity index (χ2v) is 3.57. The lowest BCUT2D eigenvalue weighted by Gasteiger charge is -2.13. The van der Waals surface area contributed by atoms with Crippen molar-refractivity contribution < 1.29 is 9.15 Å². The Kier molecular flexibility index (Phi) is 3.62. The number of nitrogens with two attached hydrogens (primary N) is 1. The first-order valence-electron chi connectivity index (χ1n) is 5.31. The van der Waals surface area contributed by atoms with Gasteiger partial charge in [-0.05, 0) is 24.3 Å². The summed E-state index contributed by atoms with van der Waals surface area (Å²) in [5.41, 5.74) is 5.69. The second kappa shape index (κ2) is 5.37. The zero-order valence-electron chi connectivity index (χ0n) is 9.00. The first-order chi connectivity index (χ1) is 7.90. The van der Waals surface area contributed by atoms with Crippen molar-refractivity contribution >= 4 is 0 Å². The number of hydrogen-bond donors (Lipinski definition) is 1. The van der Waals surface area contributed by atoms with Crippen molar-refractivity contribution in [1.82, 2.24) is 0 Å². The molecule has 2 N–H and O–H groups in total. The fourth-order valence-electron chi connectivity index (χ4n) is 1.50. The minimum Gasteiger partial charge on any atom is -0.493 e. The van der Waals surface area contributed by atoms with E-state index in [1.165, 1.54) is 0 Å². The van der Waals surface area contributed by atoms with E-state index in [1.54, 1.807) is 6.26 Å². The predicted molar refractivity (Wildman–Crippen MR) is 62.4 cm³/mol. The molecule has 1 unspecified atom stereocenters. The van der Waals surface area contributed by atoms with Crippen LogP contribution in [0.4, 0.5) is 0 Å². The molecule has 0 aliphatic heterocycles. The summed E-state index contributed by atoms with van der Waals surface area (Å²) in [5, 5.41) is 0. The summed E-state index contributed by atoms with van der Waals surface area (Å²) in [5.74, 6) is 1.83. The summed E-state index contributed by atoms with van der Waals surface area (Å²) in [6.45, 7) is 1.05. The Hall–Kier alpha value is -1.74. The van der Waals surface area contributed by atoms with Gasteiger partial charge in [0.05, 0.1) is 18.8 Å². The first-order valence-corrected chi connectivity index (χ1v) is 5.31. The van der Waals surface area contributed by atoms with Gasteiger partial charge in [-0.1, -0.05) is 18.2 Å². The van der Waals surface area contributed by atoms with Gasteiger partial charge >= 0.3 is 0 Å². The molecule has 0 aliphatic carbocycles. The number of rotatable bonds is 5. The van der Waals surface area contributed by atoms with E-state index in [9.17, 15) is 0 Å². The SMILES string of the molecule is NCC(COc1ccccc1)c1ccco1. The lowest BCUT2D eigenvalue weighted by molar-refractivity contribution is 0.272. The van der Waals surface area contributed by atoms with Crippen LogP contribution >= 0.6 is 0 Å². The van der Waals surface area contributed by atoms with Crippen LogP contribution in [0.2, 0.25) is 0 Å². The Morgan fingerprint density at radius 2 is 1.94 bits per heavy atom. The van der Waals surface area contributed by atoms with Gasteiger partial charge in [-0.2, -0.15) is 0 Å². The van der Waals surface area contributed by atoms with E-state index in [1.807, 2.05) is 42.5 Å². The number of furan rings is 1. The molecule has 84 valence electrons. The van der Waals surface area contributed by atoms with E-state index in [0.29, 0.717) is 13.2 Å². The molecule has 2 rings (SSSR count). The van der Waals surface area contributed by atoms with Gasteiger partial charge in [-0.3, -0.25) is 0 Å². The van der Waals surface area contributed by atoms with Crippen molar-refractivity contribution in [3.8, 4) is 5.75 Å². The largest absolute Gasteiger partial charge is 0.493 e. The lowest BCUT2D eigenvalue weighted by Crippen LogP contribution is -2.19. The van der Waals surface area contributed by atoms with E-state index in [4.69, 9.17) is 14.9 Å². The average molecular weight is 217 g/mol. The number of ether oxygens (including phenoxy) is 1. The minimum absolute atomic E-state index is 0.107. The Morgan fingerprint density at radius 3 is 2.56 bits per heavy atom. The van der Waals surface area contributed by atoms with Crippen molar-refractivity contribution in [3.05, 3.63) is 54.5 Å². The molecule has 0 fully saturated rings. The van der Waals surface area contributed by atoms with Crippen LogP contribution in [0.3, 0.4) is 0 Å². The summed E-state index contributed by atoms with van der Waals surface area (Å²) >= 11 is 0. The number of benzene rings is 1. The van der Waals surface area contributed by atoms with E-state index < -0.39 is 0 Å². The summed E-state index contributed by atoms with van der Waals surface area (Å²) in [7, 11) is 0. The molecule has 1 aromatic heterocycles. The highest BCUT2D eigenvalue weighted by Gasteiger charge is 2.13. The van der Waals surface area contributed by atoms with Crippen LogP contribution in [0.5, 0.6) is 5.75 Å². The molecule has 16 heavy (non-hydrogen) atoms. The number of hydrogen-bond acceptors (Lipinski definition) is 3. The summed E-state index contributed by atoms with van der Waals surface area (Å²) in [4.78, 5) is 0. The summed E-state index contributed by atoms with van der Waals surface area (Å²) < 4.78 is 11.0. The molecule has 0 saturated carbocycles. The number of para-hydroxylation sites is 1. The third-order valence-corrected chi connectivity index (χ3v) is 2.42. The maximum absolute atomic E-state index is 5.69. The predicted octanol–water partition coefficient (Wildman–Crippen LogP) is 2.40. The molecule has 3 heteroatoms. The van der Waals surface area contributed by atoms with Crippen molar-refractivity contribution in [3.63, 3.8) is 0 Å². The maximum Gasteiger partial charge on any atom is 0.119 e. The van der Waals surface area contributed by atoms with Crippen LogP contribution in [-0.2, 0) is 0 Å². The molecule has 0 spiro atoms. The Bertz CT molecular complexity index is 397. The van der Waals surface area contributed by atoms with Gasteiger partial charge in [0.2, 0.25) is 0 Å². The van der Waals surface area contributed by atoms with E-state index >= 15 is 0 Å². The van der Waals surface area contributed by atoms with Gasteiger partial charge in [0.1, 0.15) is 11.5 Å². The van der Waals surface area contributed by atoms with Gasteiger partial charge in [0.25, 0.3) is 0 Å². The Balaban J connectivity index is 1.94. The van der Waals surface area contributed by atoms with E-state index in [0.717, 1.165) is 11.5 Å². The molecule has 0 saturated heterocycles. The monoisotopic (exact) mass is 217 g/mol. The molecule has 1 atom stereocenters. The van der Waals surface area contributed by atoms with Gasteiger partial charge in [-0.25, -0.2) is 0 Å². The Morgan fingerprint density at radius 1 is 1.12 bits per heavy atom. The highest BCUT2D eigenvalue weighted by atomic mass is 16.5. The summed E-state index contributed by atoms with van der Waals surface area (Å²) in [6.07, 6.45) is 1.65. The topological polar surface area (TPSA) is 48.4 Å². The highest BCUT2D eigenvalue weighted by Crippen LogP contribution is 2.17. The highest BCUT2D eigenvalue weighted by molar-refractivity contribution is 5.21. The Labute approximate surface area is 94.8 Å². The normalized spacial score (nSPS) is 12.3. The third-order valence-electron chi connectivity index (χ3n) is 2.42. The van der Waals surface area contributed by atoms with E-state index in [-0.39, 0.29) is 5.92 Å². The van der Waals surface area contributed by atoms with Gasteiger partial charge < -0.3 is 14.9 Å². The minimum atomic E-state index is 0.107. The standard InChI is InChI=1S/C13H15NO2/c14-9-11(13-7-4-8-15-13)10-16-12-5-2-1-3-6-12/h1-8,11H,9-10,14H2. The summed E-state index contributed by atoms with van der Waals surface area (Å²) in [6, 6.07) is 13.5. The van der Waals surface area contributed by atoms with Crippen LogP contribution < -0.4 is 10.5 Å². The third kappa shape index (κ3) is 2.64. The van der Waals surface area contributed by atoms with Gasteiger partial charge in [0.15, 0.2) is 0 Å². The smallest absolute Gasteiger partial charge is 0.119 e. The molecule has 0 bridgehead atoms. The maximum atomic E-state index is 5.69. The average Bonchev–Trinajstić information content (AvgIpc) is 2.85. The zero-order valence-corrected chi connectivity index (χ0v) is 9.00. The van der Waals surface area contributed by atoms with Crippen molar-refractivity contribution in [2.24, 2.45) is 5.73 Å². The van der Waals surface area contributed by atoms with Crippen molar-refractivity contribution in [2.45, 2.75) is 5.92 Å². The van der Waals surface area contributed by atoms with Crippen LogP contribution in [0.1, 0.15) is 11.7 Å². The van der Waals surface area contributed by atoms with Crippen LogP contribution in [0.15, 0.2) is 53.1 Å². The van der Waals surface area contributed by atoms with Crippen LogP contribution in [0.25, 0.3) is 0 Å². The van der Waals surface area contributed by atoms with Crippen molar-refractivity contribution in [2.75, 3.05) is 13.2 Å². The zero-order chi connectivity index (χ0) is 11.2. The van der Waals surface area contributed by atoms with Gasteiger partial charge in [-0.15, -0.1) is 0 Å². The fraction of sp³-hybridized carbons (Fsp3) is 0.231. The van der Waals surface area contributed by atoms with E-state index in [2.05, 4.69) is 0 Å². The molecular formula is C13H15NO2. The second-order valence-electron chi connectivity index (χ2n) is 3.57.